The van der Waals surface area contributed by atoms with Gasteiger partial charge >= 0.3 is 0 Å². The predicted octanol–water partition coefficient (Wildman–Crippen LogP) is 1.43. The molecule has 0 aliphatic carbocycles. The molecule has 0 aliphatic rings. The largest absolute Gasteiger partial charge is 0.493 e. The van der Waals surface area contributed by atoms with Crippen LogP contribution in [0.2, 0.25) is 0 Å². The van der Waals surface area contributed by atoms with E-state index < -0.39 is 0 Å². The molecule has 0 aliphatic heterocycles. The Morgan fingerprint density at radius 2 is 1.94 bits per heavy atom. The first-order chi connectivity index (χ1) is 8.15. The Kier molecular flexibility index (Phi) is 5.25. The topological polar surface area (TPSA) is 50.7 Å². The molecule has 0 saturated heterocycles. The normalized spacial score (nSPS) is 14.1. The second-order valence-corrected chi connectivity index (χ2v) is 4.22. The van der Waals surface area contributed by atoms with Crippen molar-refractivity contribution in [2.24, 2.45) is 0 Å². The fourth-order valence-corrected chi connectivity index (χ4v) is 1.41. The van der Waals surface area contributed by atoms with Crippen molar-refractivity contribution in [2.75, 3.05) is 27.4 Å². The van der Waals surface area contributed by atoms with Crippen molar-refractivity contribution >= 4 is 0 Å². The van der Waals surface area contributed by atoms with Crippen LogP contribution in [0.15, 0.2) is 24.3 Å². The van der Waals surface area contributed by atoms with E-state index in [4.69, 9.17) is 9.47 Å². The van der Waals surface area contributed by atoms with Crippen LogP contribution >= 0.6 is 0 Å². The second kappa shape index (κ2) is 6.47. The number of nitrogens with one attached hydrogen (secondary N) is 1. The van der Waals surface area contributed by atoms with Crippen LogP contribution in [0, 0.1) is 0 Å². The maximum absolute atomic E-state index is 9.24. The zero-order chi connectivity index (χ0) is 12.7. The van der Waals surface area contributed by atoms with Gasteiger partial charge in [0, 0.05) is 12.0 Å². The van der Waals surface area contributed by atoms with Crippen molar-refractivity contribution in [3.05, 3.63) is 24.3 Å². The fourth-order valence-electron chi connectivity index (χ4n) is 1.41. The van der Waals surface area contributed by atoms with E-state index in [1.165, 1.54) is 0 Å². The zero-order valence-electron chi connectivity index (χ0n) is 10.7. The molecule has 1 rings (SSSR count). The number of rotatable bonds is 7. The van der Waals surface area contributed by atoms with Gasteiger partial charge in [0.25, 0.3) is 0 Å². The van der Waals surface area contributed by atoms with Crippen molar-refractivity contribution in [1.29, 1.82) is 0 Å². The maximum atomic E-state index is 9.24. The Hall–Kier alpha value is -1.26. The van der Waals surface area contributed by atoms with Crippen molar-refractivity contribution in [3.8, 4) is 11.5 Å². The number of benzene rings is 1. The van der Waals surface area contributed by atoms with Crippen molar-refractivity contribution in [3.63, 3.8) is 0 Å². The van der Waals surface area contributed by atoms with Gasteiger partial charge in [-0.25, -0.2) is 0 Å². The molecule has 4 nitrogen and oxygen atoms in total. The van der Waals surface area contributed by atoms with Crippen LogP contribution < -0.4 is 14.8 Å². The molecule has 0 spiro atoms. The third kappa shape index (κ3) is 3.91. The highest BCUT2D eigenvalue weighted by Gasteiger charge is 2.20. The summed E-state index contributed by atoms with van der Waals surface area (Å²) in [4.78, 5) is 0. The summed E-state index contributed by atoms with van der Waals surface area (Å²) in [6.07, 6.45) is 0.720. The van der Waals surface area contributed by atoms with Gasteiger partial charge in [0.05, 0.1) is 20.3 Å². The highest BCUT2D eigenvalue weighted by atomic mass is 16.5. The van der Waals surface area contributed by atoms with E-state index >= 15 is 0 Å². The van der Waals surface area contributed by atoms with E-state index in [1.807, 2.05) is 38.2 Å². The number of hydrogen-bond donors (Lipinski definition) is 2. The van der Waals surface area contributed by atoms with Gasteiger partial charge in [0.1, 0.15) is 0 Å². The molecule has 17 heavy (non-hydrogen) atoms. The van der Waals surface area contributed by atoms with E-state index in [9.17, 15) is 5.11 Å². The summed E-state index contributed by atoms with van der Waals surface area (Å²) in [6.45, 7) is 2.57. The zero-order valence-corrected chi connectivity index (χ0v) is 10.7. The van der Waals surface area contributed by atoms with Crippen LogP contribution in [0.25, 0.3) is 0 Å². The molecule has 1 atom stereocenters. The molecule has 1 aromatic carbocycles. The minimum absolute atomic E-state index is 0.0821. The molecule has 0 radical (unpaired) electrons. The molecule has 0 amide bonds. The first-order valence-corrected chi connectivity index (χ1v) is 5.71. The van der Waals surface area contributed by atoms with Crippen LogP contribution in [0.3, 0.4) is 0 Å². The number of aliphatic hydroxyl groups excluding tert-OH is 1. The van der Waals surface area contributed by atoms with Crippen molar-refractivity contribution in [2.45, 2.75) is 18.9 Å². The molecular weight excluding hydrogens is 218 g/mol. The number of hydrogen-bond acceptors (Lipinski definition) is 4. The summed E-state index contributed by atoms with van der Waals surface area (Å²) in [7, 11) is 3.45. The van der Waals surface area contributed by atoms with Crippen LogP contribution in [-0.4, -0.2) is 38.0 Å². The van der Waals surface area contributed by atoms with E-state index in [0.29, 0.717) is 6.61 Å². The third-order valence-electron chi connectivity index (χ3n) is 2.93. The van der Waals surface area contributed by atoms with Gasteiger partial charge in [0.2, 0.25) is 0 Å². The first kappa shape index (κ1) is 13.8. The van der Waals surface area contributed by atoms with E-state index in [2.05, 4.69) is 5.32 Å². The summed E-state index contributed by atoms with van der Waals surface area (Å²) in [5.74, 6) is 1.45. The van der Waals surface area contributed by atoms with Gasteiger partial charge in [-0.3, -0.25) is 0 Å². The predicted molar refractivity (Wildman–Crippen MR) is 67.7 cm³/mol. The summed E-state index contributed by atoms with van der Waals surface area (Å²) >= 11 is 0. The monoisotopic (exact) mass is 239 g/mol. The Labute approximate surface area is 103 Å². The molecule has 0 fully saturated rings. The standard InChI is InChI=1S/C13H21NO3/c1-13(10-15,14-2)8-9-17-12-7-5-4-6-11(12)16-3/h4-7,14-15H,8-10H2,1-3H3. The number of methoxy groups -OCH3 is 1. The van der Waals surface area contributed by atoms with E-state index in [1.54, 1.807) is 7.11 Å². The average Bonchev–Trinajstić information content (AvgIpc) is 2.39. The van der Waals surface area contributed by atoms with Gasteiger partial charge in [0.15, 0.2) is 11.5 Å². The van der Waals surface area contributed by atoms with Gasteiger partial charge in [-0.2, -0.15) is 0 Å². The fraction of sp³-hybridized carbons (Fsp3) is 0.538. The Balaban J connectivity index is 2.51. The van der Waals surface area contributed by atoms with Gasteiger partial charge in [-0.1, -0.05) is 12.1 Å². The molecule has 1 aromatic rings. The molecular formula is C13H21NO3. The number of ether oxygens (including phenoxy) is 2. The Bertz CT molecular complexity index is 337. The smallest absolute Gasteiger partial charge is 0.161 e. The highest BCUT2D eigenvalue weighted by Crippen LogP contribution is 2.26. The minimum atomic E-state index is -0.304. The quantitative estimate of drug-likeness (QED) is 0.756. The van der Waals surface area contributed by atoms with Gasteiger partial charge in [-0.15, -0.1) is 0 Å². The lowest BCUT2D eigenvalue weighted by atomic mass is 10.0. The molecule has 96 valence electrons. The lowest BCUT2D eigenvalue weighted by Crippen LogP contribution is -2.44. The van der Waals surface area contributed by atoms with Crippen LogP contribution in [0.1, 0.15) is 13.3 Å². The average molecular weight is 239 g/mol. The molecule has 4 heteroatoms. The van der Waals surface area contributed by atoms with Gasteiger partial charge in [-0.05, 0) is 26.1 Å². The third-order valence-corrected chi connectivity index (χ3v) is 2.93. The van der Waals surface area contributed by atoms with E-state index in [-0.39, 0.29) is 12.1 Å². The lowest BCUT2D eigenvalue weighted by molar-refractivity contribution is 0.150. The minimum Gasteiger partial charge on any atom is -0.493 e. The molecule has 1 unspecified atom stereocenters. The Morgan fingerprint density at radius 1 is 1.29 bits per heavy atom. The van der Waals surface area contributed by atoms with Gasteiger partial charge < -0.3 is 19.9 Å². The highest BCUT2D eigenvalue weighted by molar-refractivity contribution is 5.39. The summed E-state index contributed by atoms with van der Waals surface area (Å²) < 4.78 is 10.8. The molecule has 0 saturated carbocycles. The maximum Gasteiger partial charge on any atom is 0.161 e. The van der Waals surface area contributed by atoms with E-state index in [0.717, 1.165) is 17.9 Å². The first-order valence-electron chi connectivity index (χ1n) is 5.71. The molecule has 0 aromatic heterocycles. The summed E-state index contributed by atoms with van der Waals surface area (Å²) in [5.41, 5.74) is -0.304. The summed E-state index contributed by atoms with van der Waals surface area (Å²) in [5, 5.41) is 12.3. The number of likely N-dealkylation sites (N-methyl/N-ethyl adjacent to an activating group) is 1. The Morgan fingerprint density at radius 3 is 2.47 bits per heavy atom. The molecule has 2 N–H and O–H groups in total. The van der Waals surface area contributed by atoms with Crippen molar-refractivity contribution < 1.29 is 14.6 Å². The molecule has 0 bridgehead atoms. The van der Waals surface area contributed by atoms with Crippen LogP contribution in [0.5, 0.6) is 11.5 Å². The molecule has 0 heterocycles. The second-order valence-electron chi connectivity index (χ2n) is 4.22. The SMILES string of the molecule is CNC(C)(CO)CCOc1ccccc1OC. The number of aliphatic hydroxyl groups is 1. The van der Waals surface area contributed by atoms with Crippen LogP contribution in [0.4, 0.5) is 0 Å². The van der Waals surface area contributed by atoms with Crippen molar-refractivity contribution in [1.82, 2.24) is 5.32 Å². The lowest BCUT2D eigenvalue weighted by Gasteiger charge is -2.26. The van der Waals surface area contributed by atoms with Crippen LogP contribution in [-0.2, 0) is 0 Å². The summed E-state index contributed by atoms with van der Waals surface area (Å²) in [6, 6.07) is 7.53. The number of para-hydroxylation sites is 2.